The summed E-state index contributed by atoms with van der Waals surface area (Å²) in [7, 11) is 0. The third-order valence-electron chi connectivity index (χ3n) is 3.28. The van der Waals surface area contributed by atoms with E-state index in [4.69, 9.17) is 9.47 Å². The number of hydrogen-bond acceptors (Lipinski definition) is 3. The van der Waals surface area contributed by atoms with Crippen molar-refractivity contribution in [1.29, 1.82) is 0 Å². The second-order valence-electron chi connectivity index (χ2n) is 5.34. The summed E-state index contributed by atoms with van der Waals surface area (Å²) in [6.07, 6.45) is 1.16. The molecule has 0 saturated carbocycles. The highest BCUT2D eigenvalue weighted by atomic mass is 16.5. The van der Waals surface area contributed by atoms with Gasteiger partial charge < -0.3 is 14.4 Å². The van der Waals surface area contributed by atoms with Crippen LogP contribution < -0.4 is 4.74 Å². The summed E-state index contributed by atoms with van der Waals surface area (Å²) in [4.78, 5) is 14.3. The molecule has 4 heteroatoms. The van der Waals surface area contributed by atoms with E-state index in [1.54, 1.807) is 0 Å². The van der Waals surface area contributed by atoms with E-state index in [0.717, 1.165) is 12.2 Å². The van der Waals surface area contributed by atoms with Gasteiger partial charge in [0.15, 0.2) is 0 Å². The van der Waals surface area contributed by atoms with Crippen molar-refractivity contribution in [3.8, 4) is 5.75 Å². The summed E-state index contributed by atoms with van der Waals surface area (Å²) < 4.78 is 11.2. The number of rotatable bonds is 4. The van der Waals surface area contributed by atoms with Gasteiger partial charge in [-0.05, 0) is 44.5 Å². The maximum absolute atomic E-state index is 12.4. The summed E-state index contributed by atoms with van der Waals surface area (Å²) in [5.41, 5.74) is 0.704. The van der Waals surface area contributed by atoms with E-state index in [1.165, 1.54) is 0 Å². The molecule has 0 radical (unpaired) electrons. The van der Waals surface area contributed by atoms with Crippen molar-refractivity contribution >= 4 is 5.91 Å². The summed E-state index contributed by atoms with van der Waals surface area (Å²) in [5, 5.41) is 0. The Hall–Kier alpha value is -1.55. The summed E-state index contributed by atoms with van der Waals surface area (Å²) in [6, 6.07) is 7.38. The number of benzene rings is 1. The zero-order chi connectivity index (χ0) is 14.5. The van der Waals surface area contributed by atoms with Crippen molar-refractivity contribution in [2.24, 2.45) is 0 Å². The lowest BCUT2D eigenvalue weighted by atomic mass is 10.1. The SMILES string of the molecule is CCCOc1ccc(C(=O)N2CC(C)OC(C)C2)cc1. The topological polar surface area (TPSA) is 38.8 Å². The Morgan fingerprint density at radius 3 is 2.40 bits per heavy atom. The van der Waals surface area contributed by atoms with Gasteiger partial charge >= 0.3 is 0 Å². The fourth-order valence-electron chi connectivity index (χ4n) is 2.44. The first-order chi connectivity index (χ1) is 9.60. The average Bonchev–Trinajstić information content (AvgIpc) is 2.44. The van der Waals surface area contributed by atoms with Crippen molar-refractivity contribution in [3.63, 3.8) is 0 Å². The van der Waals surface area contributed by atoms with E-state index >= 15 is 0 Å². The van der Waals surface area contributed by atoms with Crippen LogP contribution in [0.15, 0.2) is 24.3 Å². The molecule has 1 saturated heterocycles. The maximum Gasteiger partial charge on any atom is 0.254 e. The van der Waals surface area contributed by atoms with Gasteiger partial charge in [-0.15, -0.1) is 0 Å². The van der Waals surface area contributed by atoms with Crippen molar-refractivity contribution in [3.05, 3.63) is 29.8 Å². The monoisotopic (exact) mass is 277 g/mol. The van der Waals surface area contributed by atoms with Gasteiger partial charge in [-0.3, -0.25) is 4.79 Å². The quantitative estimate of drug-likeness (QED) is 0.849. The first kappa shape index (κ1) is 14.9. The maximum atomic E-state index is 12.4. The lowest BCUT2D eigenvalue weighted by Gasteiger charge is -2.35. The van der Waals surface area contributed by atoms with Gasteiger partial charge in [0.2, 0.25) is 0 Å². The Bertz CT molecular complexity index is 434. The van der Waals surface area contributed by atoms with Crippen molar-refractivity contribution in [2.45, 2.75) is 39.4 Å². The zero-order valence-corrected chi connectivity index (χ0v) is 12.5. The second kappa shape index (κ2) is 6.75. The predicted octanol–water partition coefficient (Wildman–Crippen LogP) is 2.72. The van der Waals surface area contributed by atoms with E-state index in [-0.39, 0.29) is 18.1 Å². The Kier molecular flexibility index (Phi) is 5.01. The Morgan fingerprint density at radius 2 is 1.85 bits per heavy atom. The molecule has 1 aliphatic rings. The molecule has 0 aromatic heterocycles. The first-order valence-electron chi connectivity index (χ1n) is 7.27. The molecule has 1 aromatic carbocycles. The normalized spacial score (nSPS) is 22.6. The van der Waals surface area contributed by atoms with Gasteiger partial charge in [0.1, 0.15) is 5.75 Å². The van der Waals surface area contributed by atoms with Crippen LogP contribution in [0.4, 0.5) is 0 Å². The highest BCUT2D eigenvalue weighted by Crippen LogP contribution is 2.17. The largest absolute Gasteiger partial charge is 0.494 e. The average molecular weight is 277 g/mol. The van der Waals surface area contributed by atoms with Gasteiger partial charge in [-0.1, -0.05) is 6.92 Å². The highest BCUT2D eigenvalue weighted by Gasteiger charge is 2.26. The van der Waals surface area contributed by atoms with Crippen molar-refractivity contribution in [2.75, 3.05) is 19.7 Å². The van der Waals surface area contributed by atoms with Crippen LogP contribution in [0.25, 0.3) is 0 Å². The molecule has 2 rings (SSSR count). The molecule has 1 aromatic rings. The molecule has 0 bridgehead atoms. The third kappa shape index (κ3) is 3.73. The minimum Gasteiger partial charge on any atom is -0.494 e. The number of morpholine rings is 1. The molecular formula is C16H23NO3. The van der Waals surface area contributed by atoms with E-state index in [0.29, 0.717) is 25.3 Å². The van der Waals surface area contributed by atoms with Crippen molar-refractivity contribution < 1.29 is 14.3 Å². The lowest BCUT2D eigenvalue weighted by molar-refractivity contribution is -0.0586. The molecule has 2 unspecified atom stereocenters. The second-order valence-corrected chi connectivity index (χ2v) is 5.34. The number of amides is 1. The number of nitrogens with zero attached hydrogens (tertiary/aromatic N) is 1. The third-order valence-corrected chi connectivity index (χ3v) is 3.28. The zero-order valence-electron chi connectivity index (χ0n) is 12.5. The van der Waals surface area contributed by atoms with Crippen LogP contribution >= 0.6 is 0 Å². The van der Waals surface area contributed by atoms with E-state index in [9.17, 15) is 4.79 Å². The van der Waals surface area contributed by atoms with Crippen LogP contribution in [0.2, 0.25) is 0 Å². The van der Waals surface area contributed by atoms with Gasteiger partial charge in [0.25, 0.3) is 5.91 Å². The van der Waals surface area contributed by atoms with E-state index in [2.05, 4.69) is 6.92 Å². The molecule has 20 heavy (non-hydrogen) atoms. The molecule has 0 aliphatic carbocycles. The van der Waals surface area contributed by atoms with Gasteiger partial charge in [-0.2, -0.15) is 0 Å². The van der Waals surface area contributed by atoms with E-state index in [1.807, 2.05) is 43.0 Å². The Balaban J connectivity index is 2.01. The molecule has 2 atom stereocenters. The first-order valence-corrected chi connectivity index (χ1v) is 7.27. The Morgan fingerprint density at radius 1 is 1.25 bits per heavy atom. The number of carbonyl (C=O) groups excluding carboxylic acids is 1. The standard InChI is InChI=1S/C16H23NO3/c1-4-9-19-15-7-5-14(6-8-15)16(18)17-10-12(2)20-13(3)11-17/h5-8,12-13H,4,9-11H2,1-3H3. The minimum atomic E-state index is 0.0639. The molecule has 0 spiro atoms. The Labute approximate surface area is 120 Å². The summed E-state index contributed by atoms with van der Waals surface area (Å²) >= 11 is 0. The molecule has 1 fully saturated rings. The van der Waals surface area contributed by atoms with Crippen LogP contribution in [0, 0.1) is 0 Å². The molecule has 0 N–H and O–H groups in total. The van der Waals surface area contributed by atoms with Crippen LogP contribution in [-0.2, 0) is 4.74 Å². The van der Waals surface area contributed by atoms with Crippen molar-refractivity contribution in [1.82, 2.24) is 4.90 Å². The van der Waals surface area contributed by atoms with Crippen LogP contribution in [0.1, 0.15) is 37.6 Å². The summed E-state index contributed by atoms with van der Waals surface area (Å²) in [5.74, 6) is 0.876. The highest BCUT2D eigenvalue weighted by molar-refractivity contribution is 5.94. The van der Waals surface area contributed by atoms with Gasteiger partial charge in [0.05, 0.1) is 18.8 Å². The minimum absolute atomic E-state index is 0.0639. The van der Waals surface area contributed by atoms with Gasteiger partial charge in [0, 0.05) is 18.7 Å². The number of hydrogen-bond donors (Lipinski definition) is 0. The van der Waals surface area contributed by atoms with Crippen LogP contribution in [0.5, 0.6) is 5.75 Å². The molecule has 4 nitrogen and oxygen atoms in total. The predicted molar refractivity (Wildman–Crippen MR) is 78.1 cm³/mol. The molecule has 110 valence electrons. The van der Waals surface area contributed by atoms with Gasteiger partial charge in [-0.25, -0.2) is 0 Å². The molecule has 1 aliphatic heterocycles. The molecular weight excluding hydrogens is 254 g/mol. The summed E-state index contributed by atoms with van der Waals surface area (Å²) in [6.45, 7) is 8.06. The fraction of sp³-hybridized carbons (Fsp3) is 0.562. The fourth-order valence-corrected chi connectivity index (χ4v) is 2.44. The molecule has 1 heterocycles. The number of carbonyl (C=O) groups is 1. The molecule has 1 amide bonds. The number of ether oxygens (including phenoxy) is 2. The smallest absolute Gasteiger partial charge is 0.254 e. The lowest BCUT2D eigenvalue weighted by Crippen LogP contribution is -2.48. The van der Waals surface area contributed by atoms with E-state index < -0.39 is 0 Å². The van der Waals surface area contributed by atoms with Crippen LogP contribution in [-0.4, -0.2) is 42.7 Å². The van der Waals surface area contributed by atoms with Crippen LogP contribution in [0.3, 0.4) is 0 Å².